The molecule has 0 bridgehead atoms. The van der Waals surface area contributed by atoms with Crippen LogP contribution >= 0.6 is 11.3 Å². The fraction of sp³-hybridized carbons (Fsp3) is 0.375. The molecule has 0 fully saturated rings. The first-order valence-electron chi connectivity index (χ1n) is 4.40. The third kappa shape index (κ3) is 3.17. The van der Waals surface area contributed by atoms with Crippen molar-refractivity contribution in [1.82, 2.24) is 10.3 Å². The van der Waals surface area contributed by atoms with Gasteiger partial charge in [-0.15, -0.1) is 11.3 Å². The van der Waals surface area contributed by atoms with Crippen molar-refractivity contribution in [2.75, 3.05) is 26.0 Å². The number of rotatable bonds is 5. The number of aromatic nitrogens is 1. The van der Waals surface area contributed by atoms with Gasteiger partial charge in [0.05, 0.1) is 6.61 Å². The molecule has 1 heterocycles. The quantitative estimate of drug-likeness (QED) is 0.463. The number of nitrogens with zero attached hydrogens (tertiary/aromatic N) is 2. The highest BCUT2D eigenvalue weighted by atomic mass is 32.1. The molecule has 1 aromatic heterocycles. The summed E-state index contributed by atoms with van der Waals surface area (Å²) in [6.45, 7) is -0.00755. The summed E-state index contributed by atoms with van der Waals surface area (Å²) >= 11 is 1.20. The molecule has 0 aliphatic heterocycles. The maximum absolute atomic E-state index is 11.6. The van der Waals surface area contributed by atoms with Gasteiger partial charge in [0.25, 0.3) is 5.91 Å². The van der Waals surface area contributed by atoms with Gasteiger partial charge < -0.3 is 21.0 Å². The standard InChI is InChI=1S/C8H12N4O3S/c1-15-12-6(7(14)10-2-3-13)5-4-16-8(9)11-5/h4,13H,2-3H2,1H3,(H2,9,11)(H,10,14)/b12-6+. The van der Waals surface area contributed by atoms with Crippen LogP contribution in [-0.4, -0.2) is 42.0 Å². The van der Waals surface area contributed by atoms with Gasteiger partial charge in [-0.3, -0.25) is 4.79 Å². The first-order chi connectivity index (χ1) is 7.69. The smallest absolute Gasteiger partial charge is 0.275 e. The van der Waals surface area contributed by atoms with E-state index in [1.165, 1.54) is 18.4 Å². The molecule has 16 heavy (non-hydrogen) atoms. The van der Waals surface area contributed by atoms with E-state index < -0.39 is 5.91 Å². The Hall–Kier alpha value is -1.67. The van der Waals surface area contributed by atoms with Gasteiger partial charge in [-0.25, -0.2) is 4.98 Å². The lowest BCUT2D eigenvalue weighted by molar-refractivity contribution is -0.115. The zero-order valence-corrected chi connectivity index (χ0v) is 9.45. The van der Waals surface area contributed by atoms with Crippen molar-refractivity contribution in [3.63, 3.8) is 0 Å². The predicted octanol–water partition coefficient (Wildman–Crippen LogP) is -0.816. The van der Waals surface area contributed by atoms with Gasteiger partial charge in [-0.1, -0.05) is 5.16 Å². The molecule has 0 saturated carbocycles. The van der Waals surface area contributed by atoms with E-state index in [9.17, 15) is 4.79 Å². The molecular formula is C8H12N4O3S. The number of nitrogen functional groups attached to an aromatic ring is 1. The number of nitrogens with two attached hydrogens (primary N) is 1. The zero-order valence-electron chi connectivity index (χ0n) is 8.64. The number of anilines is 1. The second kappa shape index (κ2) is 6.03. The number of amides is 1. The van der Waals surface area contributed by atoms with Crippen LogP contribution in [-0.2, 0) is 9.63 Å². The van der Waals surface area contributed by atoms with Crippen molar-refractivity contribution in [1.29, 1.82) is 0 Å². The van der Waals surface area contributed by atoms with Crippen molar-refractivity contribution in [2.45, 2.75) is 0 Å². The maximum atomic E-state index is 11.6. The summed E-state index contributed by atoms with van der Waals surface area (Å²) < 4.78 is 0. The average molecular weight is 244 g/mol. The summed E-state index contributed by atoms with van der Waals surface area (Å²) in [4.78, 5) is 20.1. The second-order valence-corrected chi connectivity index (χ2v) is 3.56. The van der Waals surface area contributed by atoms with Gasteiger partial charge >= 0.3 is 0 Å². The Morgan fingerprint density at radius 3 is 3.06 bits per heavy atom. The van der Waals surface area contributed by atoms with E-state index in [4.69, 9.17) is 10.8 Å². The molecule has 0 radical (unpaired) electrons. The number of aliphatic hydroxyl groups excluding tert-OH is 1. The summed E-state index contributed by atoms with van der Waals surface area (Å²) in [6.07, 6.45) is 0. The summed E-state index contributed by atoms with van der Waals surface area (Å²) in [6, 6.07) is 0. The molecule has 0 aromatic carbocycles. The topological polar surface area (TPSA) is 110 Å². The normalized spacial score (nSPS) is 11.2. The fourth-order valence-corrected chi connectivity index (χ4v) is 1.49. The summed E-state index contributed by atoms with van der Waals surface area (Å²) in [5.41, 5.74) is 5.83. The largest absolute Gasteiger partial charge is 0.398 e. The van der Waals surface area contributed by atoms with Crippen LogP contribution in [0.1, 0.15) is 5.69 Å². The van der Waals surface area contributed by atoms with Crippen LogP contribution < -0.4 is 11.1 Å². The molecule has 0 saturated heterocycles. The minimum atomic E-state index is -0.471. The molecule has 0 atom stereocenters. The van der Waals surface area contributed by atoms with E-state index in [2.05, 4.69) is 20.3 Å². The van der Waals surface area contributed by atoms with Crippen molar-refractivity contribution < 1.29 is 14.7 Å². The molecule has 88 valence electrons. The Bertz CT molecular complexity index is 390. The van der Waals surface area contributed by atoms with E-state index >= 15 is 0 Å². The molecule has 1 aromatic rings. The van der Waals surface area contributed by atoms with Gasteiger partial charge in [0.15, 0.2) is 10.8 Å². The molecule has 4 N–H and O–H groups in total. The average Bonchev–Trinajstić information content (AvgIpc) is 2.69. The highest BCUT2D eigenvalue weighted by Crippen LogP contribution is 2.12. The zero-order chi connectivity index (χ0) is 12.0. The molecule has 1 rings (SSSR count). The minimum Gasteiger partial charge on any atom is -0.398 e. The van der Waals surface area contributed by atoms with Crippen LogP contribution in [0, 0.1) is 0 Å². The van der Waals surface area contributed by atoms with Gasteiger partial charge in [0, 0.05) is 11.9 Å². The highest BCUT2D eigenvalue weighted by molar-refractivity contribution is 7.13. The molecule has 8 heteroatoms. The van der Waals surface area contributed by atoms with Crippen LogP contribution in [0.25, 0.3) is 0 Å². The van der Waals surface area contributed by atoms with Crippen LogP contribution in [0.15, 0.2) is 10.5 Å². The molecule has 7 nitrogen and oxygen atoms in total. The summed E-state index contributed by atoms with van der Waals surface area (Å²) in [5.74, 6) is -0.471. The number of oxime groups is 1. The Labute approximate surface area is 95.9 Å². The first-order valence-corrected chi connectivity index (χ1v) is 5.28. The van der Waals surface area contributed by atoms with Crippen LogP contribution in [0.5, 0.6) is 0 Å². The van der Waals surface area contributed by atoms with Gasteiger partial charge in [0.2, 0.25) is 0 Å². The molecule has 0 aliphatic rings. The van der Waals surface area contributed by atoms with Crippen LogP contribution in [0.2, 0.25) is 0 Å². The van der Waals surface area contributed by atoms with Crippen LogP contribution in [0.4, 0.5) is 5.13 Å². The second-order valence-electron chi connectivity index (χ2n) is 2.67. The monoisotopic (exact) mass is 244 g/mol. The van der Waals surface area contributed by atoms with E-state index in [0.29, 0.717) is 10.8 Å². The van der Waals surface area contributed by atoms with Crippen LogP contribution in [0.3, 0.4) is 0 Å². The Morgan fingerprint density at radius 2 is 2.56 bits per heavy atom. The maximum Gasteiger partial charge on any atom is 0.275 e. The number of nitrogens with one attached hydrogen (secondary N) is 1. The van der Waals surface area contributed by atoms with E-state index in [0.717, 1.165) is 0 Å². The van der Waals surface area contributed by atoms with Crippen molar-refractivity contribution >= 4 is 28.1 Å². The Balaban J connectivity index is 2.83. The number of carbonyl (C=O) groups is 1. The van der Waals surface area contributed by atoms with Gasteiger partial charge in [-0.05, 0) is 0 Å². The van der Waals surface area contributed by atoms with Crippen molar-refractivity contribution in [3.8, 4) is 0 Å². The molecule has 0 spiro atoms. The molecular weight excluding hydrogens is 232 g/mol. The number of carbonyl (C=O) groups excluding carboxylic acids is 1. The third-order valence-electron chi connectivity index (χ3n) is 1.56. The number of hydrogen-bond donors (Lipinski definition) is 3. The lowest BCUT2D eigenvalue weighted by Crippen LogP contribution is -2.34. The first kappa shape index (κ1) is 12.4. The third-order valence-corrected chi connectivity index (χ3v) is 2.23. The number of aliphatic hydroxyl groups is 1. The van der Waals surface area contributed by atoms with E-state index in [-0.39, 0.29) is 18.9 Å². The van der Waals surface area contributed by atoms with Crippen molar-refractivity contribution in [2.24, 2.45) is 5.16 Å². The fourth-order valence-electron chi connectivity index (χ4n) is 0.945. The molecule has 0 aliphatic carbocycles. The SMILES string of the molecule is CO/N=C(/C(=O)NCCO)c1csc(N)n1. The highest BCUT2D eigenvalue weighted by Gasteiger charge is 2.17. The summed E-state index contributed by atoms with van der Waals surface area (Å²) in [7, 11) is 1.33. The lowest BCUT2D eigenvalue weighted by Gasteiger charge is -2.03. The minimum absolute atomic E-state index is 0.0314. The van der Waals surface area contributed by atoms with E-state index in [1.54, 1.807) is 5.38 Å². The van der Waals surface area contributed by atoms with Crippen molar-refractivity contribution in [3.05, 3.63) is 11.1 Å². The number of hydrogen-bond acceptors (Lipinski definition) is 7. The molecule has 1 amide bonds. The van der Waals surface area contributed by atoms with E-state index in [1.807, 2.05) is 0 Å². The summed E-state index contributed by atoms with van der Waals surface area (Å²) in [5, 5.41) is 16.5. The van der Waals surface area contributed by atoms with Gasteiger partial charge in [-0.2, -0.15) is 0 Å². The Kier molecular flexibility index (Phi) is 4.67. The predicted molar refractivity (Wildman–Crippen MR) is 60.2 cm³/mol. The number of thiazole rings is 1. The molecule has 0 unspecified atom stereocenters. The van der Waals surface area contributed by atoms with Gasteiger partial charge in [0.1, 0.15) is 12.8 Å². The Morgan fingerprint density at radius 1 is 1.81 bits per heavy atom. The lowest BCUT2D eigenvalue weighted by atomic mass is 10.3.